The molecule has 0 saturated heterocycles. The summed E-state index contributed by atoms with van der Waals surface area (Å²) in [7, 11) is 0. The highest BCUT2D eigenvalue weighted by molar-refractivity contribution is 7.12. The third-order valence-corrected chi connectivity index (χ3v) is 6.45. The Bertz CT molecular complexity index is 1120. The minimum absolute atomic E-state index is 0.0126. The average molecular weight is 432 g/mol. The van der Waals surface area contributed by atoms with Gasteiger partial charge in [0, 0.05) is 6.54 Å². The van der Waals surface area contributed by atoms with Crippen LogP contribution in [0.2, 0.25) is 0 Å². The third-order valence-electron chi connectivity index (χ3n) is 5.58. The van der Waals surface area contributed by atoms with Gasteiger partial charge in [0.2, 0.25) is 5.78 Å². The van der Waals surface area contributed by atoms with Crippen molar-refractivity contribution in [3.63, 3.8) is 0 Å². The lowest BCUT2D eigenvalue weighted by molar-refractivity contribution is -0.130. The molecule has 4 rings (SSSR count). The van der Waals surface area contributed by atoms with Gasteiger partial charge >= 0.3 is 0 Å². The van der Waals surface area contributed by atoms with Crippen LogP contribution in [0.25, 0.3) is 0 Å². The van der Waals surface area contributed by atoms with Crippen molar-refractivity contribution in [2.75, 3.05) is 0 Å². The fraction of sp³-hybridized carbons (Fsp3) is 0.231. The molecule has 0 fully saturated rings. The number of Topliss-reactive ketones (excluding diaryl/α,β-unsaturated/α-hetero) is 1. The maximum absolute atomic E-state index is 13.3. The highest BCUT2D eigenvalue weighted by Gasteiger charge is 2.44. The van der Waals surface area contributed by atoms with Crippen molar-refractivity contribution in [1.82, 2.24) is 4.90 Å². The maximum Gasteiger partial charge on any atom is 0.290 e. The minimum atomic E-state index is -0.642. The number of aliphatic hydroxyl groups is 1. The SMILES string of the molecule is CC(C)(C)c1ccc(C2C(C(=O)c3cccs3)=C(O)C(=O)N2Cc2ccccc2)cc1. The second kappa shape index (κ2) is 8.16. The first-order valence-electron chi connectivity index (χ1n) is 10.2. The predicted octanol–water partition coefficient (Wildman–Crippen LogP) is 5.82. The van der Waals surface area contributed by atoms with Crippen LogP contribution in [0.4, 0.5) is 0 Å². The second-order valence-corrected chi connectivity index (χ2v) is 9.71. The summed E-state index contributed by atoms with van der Waals surface area (Å²) in [6.45, 7) is 6.72. The molecule has 0 radical (unpaired) electrons. The Morgan fingerprint density at radius 2 is 1.68 bits per heavy atom. The van der Waals surface area contributed by atoms with E-state index in [1.54, 1.807) is 17.0 Å². The van der Waals surface area contributed by atoms with Gasteiger partial charge in [-0.05, 0) is 33.6 Å². The van der Waals surface area contributed by atoms with Crippen molar-refractivity contribution in [1.29, 1.82) is 0 Å². The predicted molar refractivity (Wildman–Crippen MR) is 123 cm³/mol. The highest BCUT2D eigenvalue weighted by atomic mass is 32.1. The quantitative estimate of drug-likeness (QED) is 0.518. The number of carbonyl (C=O) groups excluding carboxylic acids is 2. The molecular formula is C26H25NO3S. The Hall–Kier alpha value is -3.18. The van der Waals surface area contributed by atoms with Gasteiger partial charge in [0.1, 0.15) is 0 Å². The van der Waals surface area contributed by atoms with E-state index in [9.17, 15) is 14.7 Å². The van der Waals surface area contributed by atoms with Crippen LogP contribution >= 0.6 is 11.3 Å². The smallest absolute Gasteiger partial charge is 0.290 e. The summed E-state index contributed by atoms with van der Waals surface area (Å²) < 4.78 is 0. The van der Waals surface area contributed by atoms with Gasteiger partial charge in [-0.2, -0.15) is 0 Å². The molecule has 31 heavy (non-hydrogen) atoms. The number of benzene rings is 2. The lowest BCUT2D eigenvalue weighted by Gasteiger charge is -2.28. The summed E-state index contributed by atoms with van der Waals surface area (Å²) in [6.07, 6.45) is 0. The van der Waals surface area contributed by atoms with E-state index in [0.29, 0.717) is 11.4 Å². The molecule has 1 unspecified atom stereocenters. The highest BCUT2D eigenvalue weighted by Crippen LogP contribution is 2.41. The zero-order valence-electron chi connectivity index (χ0n) is 17.8. The van der Waals surface area contributed by atoms with Crippen molar-refractivity contribution in [3.05, 3.63) is 105 Å². The van der Waals surface area contributed by atoms with Gasteiger partial charge in [0.25, 0.3) is 5.91 Å². The average Bonchev–Trinajstić information content (AvgIpc) is 3.37. The number of hydrogen-bond acceptors (Lipinski definition) is 4. The van der Waals surface area contributed by atoms with Crippen LogP contribution in [0.1, 0.15) is 53.2 Å². The van der Waals surface area contributed by atoms with Gasteiger partial charge in [-0.15, -0.1) is 11.3 Å². The van der Waals surface area contributed by atoms with E-state index in [0.717, 1.165) is 16.7 Å². The first-order chi connectivity index (χ1) is 14.8. The monoisotopic (exact) mass is 431 g/mol. The summed E-state index contributed by atoms with van der Waals surface area (Å²) >= 11 is 1.30. The molecule has 2 heterocycles. The molecule has 1 aliphatic rings. The number of carbonyl (C=O) groups is 2. The van der Waals surface area contributed by atoms with Gasteiger partial charge in [-0.3, -0.25) is 9.59 Å². The van der Waals surface area contributed by atoms with Crippen LogP contribution in [-0.2, 0) is 16.8 Å². The summed E-state index contributed by atoms with van der Waals surface area (Å²) in [6, 6.07) is 20.4. The zero-order chi connectivity index (χ0) is 22.2. The molecule has 0 saturated carbocycles. The first-order valence-corrected chi connectivity index (χ1v) is 11.1. The molecule has 0 bridgehead atoms. The summed E-state index contributed by atoms with van der Waals surface area (Å²) in [5.74, 6) is -1.28. The number of aliphatic hydroxyl groups excluding tert-OH is 1. The van der Waals surface area contributed by atoms with E-state index >= 15 is 0 Å². The molecule has 5 heteroatoms. The molecule has 158 valence electrons. The molecule has 1 aromatic heterocycles. The van der Waals surface area contributed by atoms with Gasteiger partial charge < -0.3 is 10.0 Å². The van der Waals surface area contributed by atoms with Gasteiger partial charge in [-0.1, -0.05) is 81.4 Å². The number of nitrogens with zero attached hydrogens (tertiary/aromatic N) is 1. The number of amides is 1. The minimum Gasteiger partial charge on any atom is -0.503 e. The maximum atomic E-state index is 13.3. The molecule has 2 aromatic carbocycles. The Morgan fingerprint density at radius 3 is 2.26 bits per heavy atom. The van der Waals surface area contributed by atoms with Crippen molar-refractivity contribution in [2.24, 2.45) is 0 Å². The number of thiophene rings is 1. The van der Waals surface area contributed by atoms with Gasteiger partial charge in [0.15, 0.2) is 5.76 Å². The van der Waals surface area contributed by atoms with Crippen molar-refractivity contribution < 1.29 is 14.7 Å². The zero-order valence-corrected chi connectivity index (χ0v) is 18.6. The summed E-state index contributed by atoms with van der Waals surface area (Å²) in [4.78, 5) is 28.4. The Kier molecular flexibility index (Phi) is 5.54. The van der Waals surface area contributed by atoms with E-state index in [1.165, 1.54) is 11.3 Å². The molecule has 1 amide bonds. The summed E-state index contributed by atoms with van der Waals surface area (Å²) in [5.41, 5.74) is 3.04. The molecule has 4 nitrogen and oxygen atoms in total. The van der Waals surface area contributed by atoms with E-state index in [1.807, 2.05) is 60.0 Å². The van der Waals surface area contributed by atoms with Crippen LogP contribution < -0.4 is 0 Å². The molecule has 1 atom stereocenters. The fourth-order valence-corrected chi connectivity index (χ4v) is 4.56. The largest absolute Gasteiger partial charge is 0.503 e. The number of rotatable bonds is 5. The van der Waals surface area contributed by atoms with Crippen LogP contribution in [0, 0.1) is 0 Å². The lowest BCUT2D eigenvalue weighted by Crippen LogP contribution is -2.30. The Labute approximate surface area is 186 Å². The second-order valence-electron chi connectivity index (χ2n) is 8.76. The van der Waals surface area contributed by atoms with E-state index in [4.69, 9.17) is 0 Å². The van der Waals surface area contributed by atoms with Crippen LogP contribution in [-0.4, -0.2) is 21.7 Å². The summed E-state index contributed by atoms with van der Waals surface area (Å²) in [5, 5.41) is 12.6. The van der Waals surface area contributed by atoms with Gasteiger partial charge in [0.05, 0.1) is 16.5 Å². The van der Waals surface area contributed by atoms with Crippen LogP contribution in [0.3, 0.4) is 0 Å². The fourth-order valence-electron chi connectivity index (χ4n) is 3.88. The molecule has 1 N–H and O–H groups in total. The van der Waals surface area contributed by atoms with E-state index < -0.39 is 17.7 Å². The van der Waals surface area contributed by atoms with Crippen LogP contribution in [0.5, 0.6) is 0 Å². The number of ketones is 1. The Balaban J connectivity index is 1.79. The number of hydrogen-bond donors (Lipinski definition) is 1. The molecular weight excluding hydrogens is 406 g/mol. The van der Waals surface area contributed by atoms with Crippen LogP contribution in [0.15, 0.2) is 83.4 Å². The lowest BCUT2D eigenvalue weighted by atomic mass is 9.85. The van der Waals surface area contributed by atoms with E-state index in [-0.39, 0.29) is 16.8 Å². The van der Waals surface area contributed by atoms with Crippen molar-refractivity contribution in [3.8, 4) is 0 Å². The first kappa shape index (κ1) is 21.1. The van der Waals surface area contributed by atoms with E-state index in [2.05, 4.69) is 20.8 Å². The molecule has 1 aliphatic heterocycles. The standard InChI is InChI=1S/C26H25NO3S/c1-26(2,3)19-13-11-18(12-14-19)22-21(23(28)20-10-7-15-31-20)24(29)25(30)27(22)16-17-8-5-4-6-9-17/h4-15,22,29H,16H2,1-3H3. The molecule has 0 aliphatic carbocycles. The van der Waals surface area contributed by atoms with Crippen molar-refractivity contribution >= 4 is 23.0 Å². The molecule has 0 spiro atoms. The Morgan fingerprint density at radius 1 is 1.00 bits per heavy atom. The van der Waals surface area contributed by atoms with Gasteiger partial charge in [-0.25, -0.2) is 0 Å². The van der Waals surface area contributed by atoms with Crippen molar-refractivity contribution in [2.45, 2.75) is 38.8 Å². The molecule has 3 aromatic rings. The normalized spacial score (nSPS) is 16.8. The topological polar surface area (TPSA) is 57.6 Å². The third kappa shape index (κ3) is 4.06.